The predicted molar refractivity (Wildman–Crippen MR) is 144 cm³/mol. The van der Waals surface area contributed by atoms with Crippen LogP contribution in [0.2, 0.25) is 0 Å². The lowest BCUT2D eigenvalue weighted by Crippen LogP contribution is -2.46. The lowest BCUT2D eigenvalue weighted by atomic mass is 9.98. The van der Waals surface area contributed by atoms with Gasteiger partial charge in [0.25, 0.3) is 0 Å². The van der Waals surface area contributed by atoms with Crippen LogP contribution in [0.15, 0.2) is 66.7 Å². The second-order valence-corrected chi connectivity index (χ2v) is 10.3. The smallest absolute Gasteiger partial charge is 0.121 e. The molecular weight excluding hydrogens is 438 g/mol. The van der Waals surface area contributed by atoms with E-state index in [1.807, 2.05) is 6.92 Å². The molecule has 3 aromatic carbocycles. The van der Waals surface area contributed by atoms with Gasteiger partial charge in [0.15, 0.2) is 0 Å². The molecule has 1 fully saturated rings. The zero-order chi connectivity index (χ0) is 23.3. The highest BCUT2D eigenvalue weighted by Gasteiger charge is 2.19. The first-order chi connectivity index (χ1) is 16.7. The van der Waals surface area contributed by atoms with Gasteiger partial charge in [-0.15, -0.1) is 11.3 Å². The van der Waals surface area contributed by atoms with Gasteiger partial charge in [0.1, 0.15) is 5.75 Å². The van der Waals surface area contributed by atoms with Crippen molar-refractivity contribution in [3.8, 4) is 16.9 Å². The maximum absolute atomic E-state index is 5.99. The van der Waals surface area contributed by atoms with Gasteiger partial charge in [-0.2, -0.15) is 0 Å². The Balaban J connectivity index is 1.07. The van der Waals surface area contributed by atoms with Crippen molar-refractivity contribution in [3.63, 3.8) is 0 Å². The number of thiazole rings is 1. The molecule has 176 valence electrons. The van der Waals surface area contributed by atoms with E-state index in [2.05, 4.69) is 88.4 Å². The van der Waals surface area contributed by atoms with Crippen LogP contribution in [0.4, 0.5) is 5.69 Å². The molecule has 1 saturated heterocycles. The van der Waals surface area contributed by atoms with Crippen LogP contribution < -0.4 is 9.64 Å². The lowest BCUT2D eigenvalue weighted by molar-refractivity contribution is 0.238. The van der Waals surface area contributed by atoms with Gasteiger partial charge >= 0.3 is 0 Å². The summed E-state index contributed by atoms with van der Waals surface area (Å²) in [6.45, 7) is 10.6. The molecule has 0 radical (unpaired) electrons. The molecule has 1 aromatic heterocycles. The summed E-state index contributed by atoms with van der Waals surface area (Å²) in [6, 6.07) is 23.7. The van der Waals surface area contributed by atoms with Crippen molar-refractivity contribution in [1.29, 1.82) is 0 Å². The number of ether oxygens (including phenoxy) is 1. The fourth-order valence-electron chi connectivity index (χ4n) is 4.85. The molecule has 0 N–H and O–H groups in total. The van der Waals surface area contributed by atoms with Crippen molar-refractivity contribution in [3.05, 3.63) is 77.3 Å². The summed E-state index contributed by atoms with van der Waals surface area (Å²) in [5, 5.41) is 1.10. The number of aromatic nitrogens is 1. The Kier molecular flexibility index (Phi) is 7.12. The summed E-state index contributed by atoms with van der Waals surface area (Å²) in [7, 11) is 0. The van der Waals surface area contributed by atoms with Crippen molar-refractivity contribution in [1.82, 2.24) is 9.88 Å². The van der Waals surface area contributed by atoms with Crippen molar-refractivity contribution < 1.29 is 4.74 Å². The van der Waals surface area contributed by atoms with E-state index in [1.54, 1.807) is 11.3 Å². The monoisotopic (exact) mass is 471 g/mol. The molecule has 0 atom stereocenters. The number of rotatable bonds is 8. The van der Waals surface area contributed by atoms with Crippen molar-refractivity contribution in [2.75, 3.05) is 44.2 Å². The number of nitrogens with zero attached hydrogens (tertiary/aromatic N) is 3. The number of anilines is 1. The van der Waals surface area contributed by atoms with Crippen LogP contribution in [-0.4, -0.2) is 49.2 Å². The van der Waals surface area contributed by atoms with Gasteiger partial charge in [0.05, 0.1) is 21.8 Å². The number of fused-ring (bicyclic) bond motifs is 1. The summed E-state index contributed by atoms with van der Waals surface area (Å²) in [4.78, 5) is 9.71. The molecule has 1 aliphatic rings. The average molecular weight is 472 g/mol. The minimum absolute atomic E-state index is 0.764. The summed E-state index contributed by atoms with van der Waals surface area (Å²) in [5.41, 5.74) is 6.43. The molecule has 4 nitrogen and oxygen atoms in total. The predicted octanol–water partition coefficient (Wildman–Crippen LogP) is 6.56. The molecule has 34 heavy (non-hydrogen) atoms. The molecule has 0 aliphatic carbocycles. The molecule has 0 saturated carbocycles. The molecule has 2 heterocycles. The van der Waals surface area contributed by atoms with E-state index in [0.717, 1.165) is 62.0 Å². The SMILES string of the molecule is Cc1nc2cc(OCCCCN3CCN(c4cccc(-c5ccccc5)c4C)CC3)ccc2s1. The standard InChI is InChI=1S/C29H33N3OS/c1-22-26(24-9-4-3-5-10-24)11-8-12-28(22)32-18-16-31(17-19-32)15-6-7-20-33-25-13-14-29-27(21-25)30-23(2)34-29/h3-5,8-14,21H,6-7,15-20H2,1-2H3. The third kappa shape index (κ3) is 5.26. The summed E-state index contributed by atoms with van der Waals surface area (Å²) >= 11 is 1.73. The zero-order valence-corrected chi connectivity index (χ0v) is 21.0. The Hall–Kier alpha value is -2.89. The Bertz CT molecular complexity index is 1230. The highest BCUT2D eigenvalue weighted by molar-refractivity contribution is 7.18. The second-order valence-electron chi connectivity index (χ2n) is 9.06. The second kappa shape index (κ2) is 10.6. The topological polar surface area (TPSA) is 28.6 Å². The Morgan fingerprint density at radius 3 is 2.53 bits per heavy atom. The Labute approximate surface area is 206 Å². The lowest BCUT2D eigenvalue weighted by Gasteiger charge is -2.37. The molecule has 0 spiro atoms. The van der Waals surface area contributed by atoms with E-state index in [1.165, 1.54) is 33.5 Å². The average Bonchev–Trinajstić information content (AvgIpc) is 3.24. The quantitative estimate of drug-likeness (QED) is 0.272. The maximum Gasteiger partial charge on any atom is 0.121 e. The van der Waals surface area contributed by atoms with Crippen LogP contribution in [0.5, 0.6) is 5.75 Å². The van der Waals surface area contributed by atoms with Crippen molar-refractivity contribution in [2.24, 2.45) is 0 Å². The van der Waals surface area contributed by atoms with Gasteiger partial charge < -0.3 is 9.64 Å². The first kappa shape index (κ1) is 22.9. The minimum Gasteiger partial charge on any atom is -0.494 e. The van der Waals surface area contributed by atoms with Crippen molar-refractivity contribution >= 4 is 27.2 Å². The summed E-state index contributed by atoms with van der Waals surface area (Å²) < 4.78 is 7.21. The number of piperazine rings is 1. The van der Waals surface area contributed by atoms with Gasteiger partial charge in [0.2, 0.25) is 0 Å². The van der Waals surface area contributed by atoms with Gasteiger partial charge in [-0.1, -0.05) is 42.5 Å². The van der Waals surface area contributed by atoms with Crippen LogP contribution in [-0.2, 0) is 0 Å². The van der Waals surface area contributed by atoms with Gasteiger partial charge in [0, 0.05) is 37.9 Å². The first-order valence-electron chi connectivity index (χ1n) is 12.3. The van der Waals surface area contributed by atoms with Crippen LogP contribution in [0.25, 0.3) is 21.3 Å². The van der Waals surface area contributed by atoms with Crippen LogP contribution >= 0.6 is 11.3 Å². The molecular formula is C29H33N3OS. The van der Waals surface area contributed by atoms with E-state index >= 15 is 0 Å². The molecule has 5 rings (SSSR count). The molecule has 0 amide bonds. The molecule has 0 unspecified atom stereocenters. The summed E-state index contributed by atoms with van der Waals surface area (Å²) in [5.74, 6) is 0.930. The van der Waals surface area contributed by atoms with Crippen molar-refractivity contribution in [2.45, 2.75) is 26.7 Å². The summed E-state index contributed by atoms with van der Waals surface area (Å²) in [6.07, 6.45) is 2.24. The van der Waals surface area contributed by atoms with E-state index < -0.39 is 0 Å². The number of benzene rings is 3. The number of hydrogen-bond acceptors (Lipinski definition) is 5. The normalized spacial score (nSPS) is 14.6. The number of aryl methyl sites for hydroxylation is 1. The van der Waals surface area contributed by atoms with E-state index in [-0.39, 0.29) is 0 Å². The highest BCUT2D eigenvalue weighted by atomic mass is 32.1. The highest BCUT2D eigenvalue weighted by Crippen LogP contribution is 2.31. The van der Waals surface area contributed by atoms with E-state index in [4.69, 9.17) is 4.74 Å². The number of hydrogen-bond donors (Lipinski definition) is 0. The zero-order valence-electron chi connectivity index (χ0n) is 20.2. The molecule has 1 aliphatic heterocycles. The largest absolute Gasteiger partial charge is 0.494 e. The van der Waals surface area contributed by atoms with Gasteiger partial charge in [-0.05, 0) is 68.1 Å². The molecule has 0 bridgehead atoms. The third-order valence-corrected chi connectivity index (χ3v) is 7.66. The van der Waals surface area contributed by atoms with Crippen LogP contribution in [0.3, 0.4) is 0 Å². The van der Waals surface area contributed by atoms with E-state index in [0.29, 0.717) is 0 Å². The molecule has 4 aromatic rings. The van der Waals surface area contributed by atoms with Gasteiger partial charge in [-0.25, -0.2) is 4.98 Å². The van der Waals surface area contributed by atoms with E-state index in [9.17, 15) is 0 Å². The van der Waals surface area contributed by atoms with Crippen LogP contribution in [0, 0.1) is 13.8 Å². The Morgan fingerprint density at radius 1 is 0.882 bits per heavy atom. The fraction of sp³-hybridized carbons (Fsp3) is 0.345. The van der Waals surface area contributed by atoms with Crippen LogP contribution in [0.1, 0.15) is 23.4 Å². The third-order valence-electron chi connectivity index (χ3n) is 6.71. The minimum atomic E-state index is 0.764. The first-order valence-corrected chi connectivity index (χ1v) is 13.1. The Morgan fingerprint density at radius 2 is 1.71 bits per heavy atom. The fourth-order valence-corrected chi connectivity index (χ4v) is 5.66. The number of unbranched alkanes of at least 4 members (excludes halogenated alkanes) is 1. The van der Waals surface area contributed by atoms with Gasteiger partial charge in [-0.3, -0.25) is 4.90 Å². The maximum atomic E-state index is 5.99. The molecule has 5 heteroatoms.